The Morgan fingerprint density at radius 2 is 2.00 bits per heavy atom. The highest BCUT2D eigenvalue weighted by atomic mass is 35.5. The molecule has 25 heavy (non-hydrogen) atoms. The SMILES string of the molecule is COc1ccc(CCNC(=O)C2(S(C)(=O)=O)CCNCC2)c(Cl)c1.Cl. The Morgan fingerprint density at radius 1 is 1.36 bits per heavy atom. The molecule has 0 atom stereocenters. The Labute approximate surface area is 160 Å². The van der Waals surface area contributed by atoms with Crippen molar-refractivity contribution in [3.05, 3.63) is 28.8 Å². The molecular weight excluding hydrogens is 387 g/mol. The number of amides is 1. The normalized spacial score (nSPS) is 16.6. The van der Waals surface area contributed by atoms with Crippen LogP contribution in [-0.2, 0) is 21.1 Å². The molecule has 9 heteroatoms. The number of methoxy groups -OCH3 is 1. The molecular formula is C16H24Cl2N2O4S. The molecule has 1 aromatic rings. The van der Waals surface area contributed by atoms with Crippen molar-refractivity contribution in [1.29, 1.82) is 0 Å². The molecule has 0 unspecified atom stereocenters. The van der Waals surface area contributed by atoms with Crippen molar-refractivity contribution < 1.29 is 17.9 Å². The first kappa shape index (κ1) is 22.0. The zero-order valence-corrected chi connectivity index (χ0v) is 16.7. The summed E-state index contributed by atoms with van der Waals surface area (Å²) in [6, 6.07) is 5.35. The summed E-state index contributed by atoms with van der Waals surface area (Å²) in [7, 11) is -1.93. The summed E-state index contributed by atoms with van der Waals surface area (Å²) in [6.07, 6.45) is 2.24. The van der Waals surface area contributed by atoms with Gasteiger partial charge in [0.15, 0.2) is 14.6 Å². The molecule has 2 rings (SSSR count). The van der Waals surface area contributed by atoms with Gasteiger partial charge >= 0.3 is 0 Å². The number of hydrogen-bond donors (Lipinski definition) is 2. The standard InChI is InChI=1S/C16H23ClN2O4S.ClH/c1-23-13-4-3-12(14(17)11-13)5-8-19-15(20)16(24(2,21)22)6-9-18-10-7-16;/h3-4,11,18H,5-10H2,1-2H3,(H,19,20);1H. The minimum atomic E-state index is -3.49. The number of sulfone groups is 1. The van der Waals surface area contributed by atoms with E-state index in [2.05, 4.69) is 10.6 Å². The van der Waals surface area contributed by atoms with Crippen LogP contribution in [0.15, 0.2) is 18.2 Å². The van der Waals surface area contributed by atoms with E-state index in [1.807, 2.05) is 6.07 Å². The van der Waals surface area contributed by atoms with Gasteiger partial charge < -0.3 is 15.4 Å². The molecule has 1 saturated heterocycles. The summed E-state index contributed by atoms with van der Waals surface area (Å²) >= 11 is 6.18. The molecule has 0 aromatic heterocycles. The third kappa shape index (κ3) is 5.00. The third-order valence-corrected chi connectivity index (χ3v) is 6.84. The lowest BCUT2D eigenvalue weighted by Gasteiger charge is -2.34. The number of carbonyl (C=O) groups is 1. The van der Waals surface area contributed by atoms with E-state index in [9.17, 15) is 13.2 Å². The van der Waals surface area contributed by atoms with Gasteiger partial charge in [-0.25, -0.2) is 8.42 Å². The van der Waals surface area contributed by atoms with Crippen molar-refractivity contribution in [2.24, 2.45) is 0 Å². The molecule has 2 N–H and O–H groups in total. The molecule has 1 amide bonds. The van der Waals surface area contributed by atoms with E-state index in [0.717, 1.165) is 11.8 Å². The van der Waals surface area contributed by atoms with Gasteiger partial charge in [-0.1, -0.05) is 17.7 Å². The van der Waals surface area contributed by atoms with Gasteiger partial charge in [0.1, 0.15) is 5.75 Å². The lowest BCUT2D eigenvalue weighted by molar-refractivity contribution is -0.124. The lowest BCUT2D eigenvalue weighted by Crippen LogP contribution is -2.57. The molecule has 0 radical (unpaired) electrons. The average Bonchev–Trinajstić information content (AvgIpc) is 2.55. The molecule has 1 aliphatic rings. The van der Waals surface area contributed by atoms with Crippen LogP contribution in [0.25, 0.3) is 0 Å². The van der Waals surface area contributed by atoms with Crippen molar-refractivity contribution >= 4 is 39.8 Å². The summed E-state index contributed by atoms with van der Waals surface area (Å²) in [6.45, 7) is 1.37. The van der Waals surface area contributed by atoms with Gasteiger partial charge in [-0.15, -0.1) is 12.4 Å². The molecule has 0 spiro atoms. The van der Waals surface area contributed by atoms with Gasteiger partial charge in [0.25, 0.3) is 0 Å². The second-order valence-corrected chi connectivity index (χ2v) is 8.71. The maximum Gasteiger partial charge on any atom is 0.241 e. The van der Waals surface area contributed by atoms with Crippen LogP contribution >= 0.6 is 24.0 Å². The summed E-state index contributed by atoms with van der Waals surface area (Å²) in [5, 5.41) is 6.42. The molecule has 0 bridgehead atoms. The minimum Gasteiger partial charge on any atom is -0.497 e. The van der Waals surface area contributed by atoms with E-state index in [4.69, 9.17) is 16.3 Å². The van der Waals surface area contributed by atoms with Gasteiger partial charge in [0, 0.05) is 17.8 Å². The minimum absolute atomic E-state index is 0. The fourth-order valence-electron chi connectivity index (χ4n) is 2.93. The number of ether oxygens (including phenoxy) is 1. The van der Waals surface area contributed by atoms with Crippen molar-refractivity contribution in [2.75, 3.05) is 33.0 Å². The van der Waals surface area contributed by atoms with Crippen LogP contribution in [0.4, 0.5) is 0 Å². The first-order valence-electron chi connectivity index (χ1n) is 7.81. The summed E-state index contributed by atoms with van der Waals surface area (Å²) < 4.78 is 28.1. The van der Waals surface area contributed by atoms with Gasteiger partial charge in [-0.2, -0.15) is 0 Å². The number of piperidine rings is 1. The van der Waals surface area contributed by atoms with Crippen molar-refractivity contribution in [1.82, 2.24) is 10.6 Å². The van der Waals surface area contributed by atoms with Crippen molar-refractivity contribution in [3.63, 3.8) is 0 Å². The van der Waals surface area contributed by atoms with E-state index in [1.54, 1.807) is 19.2 Å². The molecule has 1 fully saturated rings. The fraction of sp³-hybridized carbons (Fsp3) is 0.562. The van der Waals surface area contributed by atoms with Crippen molar-refractivity contribution in [2.45, 2.75) is 24.0 Å². The van der Waals surface area contributed by atoms with Crippen molar-refractivity contribution in [3.8, 4) is 5.75 Å². The smallest absolute Gasteiger partial charge is 0.241 e. The number of nitrogens with one attached hydrogen (secondary N) is 2. The number of halogens is 2. The molecule has 0 saturated carbocycles. The van der Waals surface area contributed by atoms with E-state index >= 15 is 0 Å². The largest absolute Gasteiger partial charge is 0.497 e. The van der Waals surface area contributed by atoms with Crippen LogP contribution in [0.3, 0.4) is 0 Å². The number of benzene rings is 1. The average molecular weight is 411 g/mol. The van der Waals surface area contributed by atoms with Gasteiger partial charge in [-0.05, 0) is 50.0 Å². The van der Waals surface area contributed by atoms with Gasteiger partial charge in [-0.3, -0.25) is 4.79 Å². The Hall–Kier alpha value is -1.02. The zero-order chi connectivity index (χ0) is 17.8. The predicted molar refractivity (Wildman–Crippen MR) is 102 cm³/mol. The Morgan fingerprint density at radius 3 is 2.52 bits per heavy atom. The van der Waals surface area contributed by atoms with Crippen LogP contribution in [0.5, 0.6) is 5.75 Å². The first-order chi connectivity index (χ1) is 11.3. The number of carbonyl (C=O) groups excluding carboxylic acids is 1. The fourth-order valence-corrected chi connectivity index (χ4v) is 4.55. The number of hydrogen-bond acceptors (Lipinski definition) is 5. The Bertz CT molecular complexity index is 704. The van der Waals surface area contributed by atoms with E-state index in [1.165, 1.54) is 0 Å². The topological polar surface area (TPSA) is 84.5 Å². The second-order valence-electron chi connectivity index (χ2n) is 5.98. The zero-order valence-electron chi connectivity index (χ0n) is 14.3. The Kier molecular flexibility index (Phi) is 7.99. The second kappa shape index (κ2) is 9.07. The van der Waals surface area contributed by atoms with Crippen LogP contribution < -0.4 is 15.4 Å². The summed E-state index contributed by atoms with van der Waals surface area (Å²) in [4.78, 5) is 12.6. The highest BCUT2D eigenvalue weighted by molar-refractivity contribution is 7.92. The quantitative estimate of drug-likeness (QED) is 0.743. The number of rotatable bonds is 6. The van der Waals surface area contributed by atoms with Gasteiger partial charge in [0.05, 0.1) is 7.11 Å². The summed E-state index contributed by atoms with van der Waals surface area (Å²) in [5.41, 5.74) is 0.872. The molecule has 1 aliphatic heterocycles. The third-order valence-electron chi connectivity index (χ3n) is 4.47. The Balaban J connectivity index is 0.00000312. The maximum atomic E-state index is 12.6. The van der Waals surface area contributed by atoms with E-state index in [-0.39, 0.29) is 12.4 Å². The van der Waals surface area contributed by atoms with Crippen LogP contribution in [0.2, 0.25) is 5.02 Å². The maximum absolute atomic E-state index is 12.6. The highest BCUT2D eigenvalue weighted by Gasteiger charge is 2.48. The van der Waals surface area contributed by atoms with Crippen LogP contribution in [-0.4, -0.2) is 52.1 Å². The lowest BCUT2D eigenvalue weighted by atomic mass is 9.95. The first-order valence-corrected chi connectivity index (χ1v) is 10.1. The summed E-state index contributed by atoms with van der Waals surface area (Å²) in [5.74, 6) is 0.245. The molecule has 6 nitrogen and oxygen atoms in total. The van der Waals surface area contributed by atoms with Gasteiger partial charge in [0.2, 0.25) is 5.91 Å². The monoisotopic (exact) mass is 410 g/mol. The van der Waals surface area contributed by atoms with E-state index < -0.39 is 20.5 Å². The molecule has 1 aromatic carbocycles. The van der Waals surface area contributed by atoms with Crippen LogP contribution in [0, 0.1) is 0 Å². The molecule has 142 valence electrons. The molecule has 1 heterocycles. The van der Waals surface area contributed by atoms with Crippen LogP contribution in [0.1, 0.15) is 18.4 Å². The molecule has 0 aliphatic carbocycles. The predicted octanol–water partition coefficient (Wildman–Crippen LogP) is 1.60. The van der Waals surface area contributed by atoms with E-state index in [0.29, 0.717) is 49.7 Å². The highest BCUT2D eigenvalue weighted by Crippen LogP contribution is 2.28.